The third-order valence-corrected chi connectivity index (χ3v) is 2.92. The van der Waals surface area contributed by atoms with E-state index < -0.39 is 0 Å². The maximum atomic E-state index is 9.61. The van der Waals surface area contributed by atoms with E-state index in [9.17, 15) is 5.11 Å². The number of allylic oxidation sites excluding steroid dienone is 3. The molecule has 1 unspecified atom stereocenters. The lowest BCUT2D eigenvalue weighted by atomic mass is 9.85. The normalized spacial score (nSPS) is 22.0. The molecule has 1 nitrogen and oxygen atoms in total. The molecule has 1 atom stereocenters. The lowest BCUT2D eigenvalue weighted by Gasteiger charge is -2.23. The summed E-state index contributed by atoms with van der Waals surface area (Å²) in [4.78, 5) is 0. The highest BCUT2D eigenvalue weighted by Gasteiger charge is 2.16. The zero-order valence-corrected chi connectivity index (χ0v) is 8.93. The summed E-state index contributed by atoms with van der Waals surface area (Å²) in [6.45, 7) is 6.09. The summed E-state index contributed by atoms with van der Waals surface area (Å²) in [6, 6.07) is 0. The van der Waals surface area contributed by atoms with Gasteiger partial charge in [-0.2, -0.15) is 0 Å². The van der Waals surface area contributed by atoms with Gasteiger partial charge < -0.3 is 5.11 Å². The van der Waals surface area contributed by atoms with E-state index in [1.807, 2.05) is 6.92 Å². The zero-order valence-electron chi connectivity index (χ0n) is 8.93. The minimum Gasteiger partial charge on any atom is -0.389 e. The van der Waals surface area contributed by atoms with Gasteiger partial charge in [0, 0.05) is 0 Å². The smallest absolute Gasteiger partial charge is 0.0727 e. The SMILES string of the molecule is C/C=C(/C)C1=C(C(C)O)CCCC1. The molecule has 1 rings (SSSR count). The predicted octanol–water partition coefficient (Wildman–Crippen LogP) is 3.20. The average molecular weight is 180 g/mol. The highest BCUT2D eigenvalue weighted by molar-refractivity contribution is 5.36. The topological polar surface area (TPSA) is 20.2 Å². The third kappa shape index (κ3) is 2.44. The molecule has 0 aromatic heterocycles. The average Bonchev–Trinajstić information content (AvgIpc) is 2.16. The van der Waals surface area contributed by atoms with Crippen molar-refractivity contribution in [1.29, 1.82) is 0 Å². The maximum Gasteiger partial charge on any atom is 0.0727 e. The Balaban J connectivity index is 2.97. The van der Waals surface area contributed by atoms with Crippen LogP contribution in [0.2, 0.25) is 0 Å². The van der Waals surface area contributed by atoms with Gasteiger partial charge in [0.2, 0.25) is 0 Å². The summed E-state index contributed by atoms with van der Waals surface area (Å²) in [5, 5.41) is 9.61. The zero-order chi connectivity index (χ0) is 9.84. The molecular formula is C12H20O. The van der Waals surface area contributed by atoms with E-state index in [1.54, 1.807) is 0 Å². The molecule has 1 aliphatic carbocycles. The molecule has 0 saturated carbocycles. The van der Waals surface area contributed by atoms with Crippen LogP contribution in [0.25, 0.3) is 0 Å². The minimum absolute atomic E-state index is 0.259. The van der Waals surface area contributed by atoms with Gasteiger partial charge >= 0.3 is 0 Å². The van der Waals surface area contributed by atoms with Crippen LogP contribution in [0.5, 0.6) is 0 Å². The Bertz CT molecular complexity index is 234. The molecule has 0 aromatic rings. The van der Waals surface area contributed by atoms with E-state index in [4.69, 9.17) is 0 Å². The molecule has 0 fully saturated rings. The van der Waals surface area contributed by atoms with Gasteiger partial charge in [0.05, 0.1) is 6.10 Å². The van der Waals surface area contributed by atoms with Crippen molar-refractivity contribution in [2.45, 2.75) is 52.6 Å². The Morgan fingerprint density at radius 3 is 2.54 bits per heavy atom. The van der Waals surface area contributed by atoms with Crippen molar-refractivity contribution in [3.63, 3.8) is 0 Å². The fourth-order valence-electron chi connectivity index (χ4n) is 2.01. The van der Waals surface area contributed by atoms with Gasteiger partial charge in [-0.25, -0.2) is 0 Å². The van der Waals surface area contributed by atoms with Crippen LogP contribution in [0.4, 0.5) is 0 Å². The standard InChI is InChI=1S/C12H20O/c1-4-9(2)11-7-5-6-8-12(11)10(3)13/h4,10,13H,5-8H2,1-3H3/b9-4-. The molecule has 0 saturated heterocycles. The fraction of sp³-hybridized carbons (Fsp3) is 0.667. The van der Waals surface area contributed by atoms with Gasteiger partial charge in [-0.1, -0.05) is 11.6 Å². The van der Waals surface area contributed by atoms with Gasteiger partial charge in [-0.3, -0.25) is 0 Å². The van der Waals surface area contributed by atoms with E-state index in [-0.39, 0.29) is 6.10 Å². The molecule has 13 heavy (non-hydrogen) atoms. The van der Waals surface area contributed by atoms with Gasteiger partial charge in [-0.05, 0) is 57.6 Å². The largest absolute Gasteiger partial charge is 0.389 e. The van der Waals surface area contributed by atoms with E-state index in [1.165, 1.54) is 29.6 Å². The van der Waals surface area contributed by atoms with Gasteiger partial charge in [0.25, 0.3) is 0 Å². The van der Waals surface area contributed by atoms with Crippen LogP contribution in [-0.4, -0.2) is 11.2 Å². The monoisotopic (exact) mass is 180 g/mol. The van der Waals surface area contributed by atoms with Gasteiger partial charge in [0.1, 0.15) is 0 Å². The highest BCUT2D eigenvalue weighted by Crippen LogP contribution is 2.31. The molecule has 0 amide bonds. The van der Waals surface area contributed by atoms with Crippen molar-refractivity contribution in [3.8, 4) is 0 Å². The van der Waals surface area contributed by atoms with Crippen molar-refractivity contribution in [2.24, 2.45) is 0 Å². The van der Waals surface area contributed by atoms with Crippen LogP contribution in [0, 0.1) is 0 Å². The second-order valence-electron chi connectivity index (χ2n) is 3.86. The summed E-state index contributed by atoms with van der Waals surface area (Å²) < 4.78 is 0. The van der Waals surface area contributed by atoms with Gasteiger partial charge in [0.15, 0.2) is 0 Å². The molecule has 0 spiro atoms. The lowest BCUT2D eigenvalue weighted by Crippen LogP contribution is -2.12. The predicted molar refractivity (Wildman–Crippen MR) is 56.6 cm³/mol. The molecule has 1 heteroatoms. The number of hydrogen-bond acceptors (Lipinski definition) is 1. The number of aliphatic hydroxyl groups is 1. The summed E-state index contributed by atoms with van der Waals surface area (Å²) in [5.74, 6) is 0. The molecule has 1 aliphatic rings. The first kappa shape index (κ1) is 10.5. The Morgan fingerprint density at radius 2 is 2.00 bits per heavy atom. The Morgan fingerprint density at radius 1 is 1.38 bits per heavy atom. The van der Waals surface area contributed by atoms with Gasteiger partial charge in [-0.15, -0.1) is 0 Å². The molecule has 1 N–H and O–H groups in total. The summed E-state index contributed by atoms with van der Waals surface area (Å²) >= 11 is 0. The second kappa shape index (κ2) is 4.61. The maximum absolute atomic E-state index is 9.61. The van der Waals surface area contributed by atoms with Crippen molar-refractivity contribution < 1.29 is 5.11 Å². The first-order chi connectivity index (χ1) is 6.16. The number of aliphatic hydroxyl groups excluding tert-OH is 1. The van der Waals surface area contributed by atoms with Crippen molar-refractivity contribution in [2.75, 3.05) is 0 Å². The second-order valence-corrected chi connectivity index (χ2v) is 3.86. The Hall–Kier alpha value is -0.560. The van der Waals surface area contributed by atoms with Crippen LogP contribution in [0.3, 0.4) is 0 Å². The Kier molecular flexibility index (Phi) is 3.73. The van der Waals surface area contributed by atoms with E-state index in [2.05, 4.69) is 19.9 Å². The Labute approximate surface area is 81.2 Å². The molecular weight excluding hydrogens is 160 g/mol. The van der Waals surface area contributed by atoms with E-state index in [0.717, 1.165) is 12.8 Å². The minimum atomic E-state index is -0.259. The molecule has 0 aromatic carbocycles. The van der Waals surface area contributed by atoms with Crippen molar-refractivity contribution in [3.05, 3.63) is 22.8 Å². The van der Waals surface area contributed by atoms with Crippen molar-refractivity contribution in [1.82, 2.24) is 0 Å². The van der Waals surface area contributed by atoms with E-state index >= 15 is 0 Å². The first-order valence-corrected chi connectivity index (χ1v) is 5.20. The summed E-state index contributed by atoms with van der Waals surface area (Å²) in [6.07, 6.45) is 6.62. The van der Waals surface area contributed by atoms with Crippen LogP contribution in [0.1, 0.15) is 46.5 Å². The van der Waals surface area contributed by atoms with E-state index in [0.29, 0.717) is 0 Å². The molecule has 0 radical (unpaired) electrons. The fourth-order valence-corrected chi connectivity index (χ4v) is 2.01. The lowest BCUT2D eigenvalue weighted by molar-refractivity contribution is 0.222. The quantitative estimate of drug-likeness (QED) is 0.692. The summed E-state index contributed by atoms with van der Waals surface area (Å²) in [5.41, 5.74) is 4.02. The summed E-state index contributed by atoms with van der Waals surface area (Å²) in [7, 11) is 0. The molecule has 74 valence electrons. The molecule has 0 bridgehead atoms. The highest BCUT2D eigenvalue weighted by atomic mass is 16.3. The van der Waals surface area contributed by atoms with Crippen molar-refractivity contribution >= 4 is 0 Å². The van der Waals surface area contributed by atoms with Crippen LogP contribution in [0.15, 0.2) is 22.8 Å². The van der Waals surface area contributed by atoms with Crippen LogP contribution in [-0.2, 0) is 0 Å². The van der Waals surface area contributed by atoms with Crippen LogP contribution < -0.4 is 0 Å². The first-order valence-electron chi connectivity index (χ1n) is 5.20. The number of hydrogen-bond donors (Lipinski definition) is 1. The van der Waals surface area contributed by atoms with Crippen LogP contribution >= 0.6 is 0 Å². The molecule has 0 heterocycles. The number of rotatable bonds is 2. The third-order valence-electron chi connectivity index (χ3n) is 2.92. The molecule has 0 aliphatic heterocycles.